The first-order valence-electron chi connectivity index (χ1n) is 7.03. The summed E-state index contributed by atoms with van der Waals surface area (Å²) < 4.78 is 5.20. The summed E-state index contributed by atoms with van der Waals surface area (Å²) in [6, 6.07) is 5.14. The van der Waals surface area contributed by atoms with E-state index in [2.05, 4.69) is 12.2 Å². The lowest BCUT2D eigenvalue weighted by atomic mass is 10.0. The Labute approximate surface area is 129 Å². The zero-order valence-corrected chi connectivity index (χ0v) is 13.1. The minimum absolute atomic E-state index is 0.0528. The van der Waals surface area contributed by atoms with Gasteiger partial charge < -0.3 is 15.2 Å². The average molecular weight is 313 g/mol. The normalized spacial score (nSPS) is 22.3. The van der Waals surface area contributed by atoms with Crippen molar-refractivity contribution in [3.05, 3.63) is 23.2 Å². The quantitative estimate of drug-likeness (QED) is 0.873. The summed E-state index contributed by atoms with van der Waals surface area (Å²) in [5.74, 6) is 0.841. The largest absolute Gasteiger partial charge is 0.495 e. The molecule has 0 spiro atoms. The van der Waals surface area contributed by atoms with Crippen molar-refractivity contribution in [3.8, 4) is 5.75 Å². The molecule has 1 aliphatic rings. The molecule has 5 nitrogen and oxygen atoms in total. The number of carbonyl (C=O) groups is 1. The molecular weight excluding hydrogens is 292 g/mol. The molecule has 1 aromatic carbocycles. The number of nitrogens with one attached hydrogen (secondary N) is 1. The highest BCUT2D eigenvalue weighted by Crippen LogP contribution is 2.28. The van der Waals surface area contributed by atoms with Gasteiger partial charge in [-0.2, -0.15) is 0 Å². The highest BCUT2D eigenvalue weighted by atomic mass is 35.5. The van der Waals surface area contributed by atoms with Crippen LogP contribution in [0.15, 0.2) is 18.2 Å². The molecule has 1 aliphatic heterocycles. The number of nitrogens with zero attached hydrogens (tertiary/aromatic N) is 1. The third kappa shape index (κ3) is 3.87. The van der Waals surface area contributed by atoms with Crippen LogP contribution in [0, 0.1) is 5.92 Å². The number of benzene rings is 1. The summed E-state index contributed by atoms with van der Waals surface area (Å²) in [6.45, 7) is 3.26. The predicted molar refractivity (Wildman–Crippen MR) is 82.9 cm³/mol. The van der Waals surface area contributed by atoms with Crippen molar-refractivity contribution in [3.63, 3.8) is 0 Å². The Kier molecular flexibility index (Phi) is 5.45. The molecule has 2 N–H and O–H groups in total. The Hall–Kier alpha value is -1.30. The Bertz CT molecular complexity index is 510. The second-order valence-corrected chi connectivity index (χ2v) is 5.82. The van der Waals surface area contributed by atoms with E-state index in [4.69, 9.17) is 16.3 Å². The first-order chi connectivity index (χ1) is 10.0. The Morgan fingerprint density at radius 1 is 1.57 bits per heavy atom. The Morgan fingerprint density at radius 3 is 3.00 bits per heavy atom. The highest BCUT2D eigenvalue weighted by Gasteiger charge is 2.31. The van der Waals surface area contributed by atoms with E-state index in [1.807, 2.05) is 4.90 Å². The van der Waals surface area contributed by atoms with Gasteiger partial charge in [0.15, 0.2) is 0 Å². The van der Waals surface area contributed by atoms with Crippen molar-refractivity contribution in [2.24, 2.45) is 5.92 Å². The third-order valence-electron chi connectivity index (χ3n) is 3.97. The first-order valence-corrected chi connectivity index (χ1v) is 7.41. The lowest BCUT2D eigenvalue weighted by Crippen LogP contribution is -2.40. The molecule has 1 heterocycles. The molecule has 6 heteroatoms. The van der Waals surface area contributed by atoms with E-state index in [1.54, 1.807) is 25.3 Å². The molecule has 116 valence electrons. The van der Waals surface area contributed by atoms with Crippen molar-refractivity contribution in [1.82, 2.24) is 4.90 Å². The number of rotatable bonds is 5. The van der Waals surface area contributed by atoms with Gasteiger partial charge in [0.25, 0.3) is 0 Å². The van der Waals surface area contributed by atoms with E-state index in [0.29, 0.717) is 22.4 Å². The SMILES string of the molecule is COc1ccc(Cl)cc1NC(=O)CN1CCC(C)C1CO. The zero-order valence-electron chi connectivity index (χ0n) is 12.3. The molecular formula is C15H21ClN2O3. The molecule has 2 unspecified atom stereocenters. The first kappa shape index (κ1) is 16.1. The van der Waals surface area contributed by atoms with Crippen LogP contribution in [-0.2, 0) is 4.79 Å². The number of likely N-dealkylation sites (tertiary alicyclic amines) is 1. The van der Waals surface area contributed by atoms with Crippen LogP contribution in [0.3, 0.4) is 0 Å². The van der Waals surface area contributed by atoms with Crippen molar-refractivity contribution in [2.45, 2.75) is 19.4 Å². The van der Waals surface area contributed by atoms with Crippen LogP contribution in [0.5, 0.6) is 5.75 Å². The number of aliphatic hydroxyl groups excluding tert-OH is 1. The molecule has 0 bridgehead atoms. The van der Waals surface area contributed by atoms with Gasteiger partial charge >= 0.3 is 0 Å². The number of carbonyl (C=O) groups excluding carboxylic acids is 1. The standard InChI is InChI=1S/C15H21ClN2O3/c1-10-5-6-18(13(10)9-19)8-15(20)17-12-7-11(16)3-4-14(12)21-2/h3-4,7,10,13,19H,5-6,8-9H2,1-2H3,(H,17,20). The summed E-state index contributed by atoms with van der Waals surface area (Å²) in [5, 5.41) is 12.8. The van der Waals surface area contributed by atoms with Gasteiger partial charge in [-0.3, -0.25) is 9.69 Å². The van der Waals surface area contributed by atoms with Gasteiger partial charge in [0, 0.05) is 11.1 Å². The number of aliphatic hydroxyl groups is 1. The number of halogens is 1. The van der Waals surface area contributed by atoms with Gasteiger partial charge in [-0.15, -0.1) is 0 Å². The topological polar surface area (TPSA) is 61.8 Å². The van der Waals surface area contributed by atoms with Gasteiger partial charge in [-0.25, -0.2) is 0 Å². The van der Waals surface area contributed by atoms with E-state index >= 15 is 0 Å². The van der Waals surface area contributed by atoms with Crippen LogP contribution < -0.4 is 10.1 Å². The smallest absolute Gasteiger partial charge is 0.238 e. The van der Waals surface area contributed by atoms with Crippen LogP contribution >= 0.6 is 11.6 Å². The molecule has 0 aliphatic carbocycles. The summed E-state index contributed by atoms with van der Waals surface area (Å²) in [4.78, 5) is 14.2. The minimum Gasteiger partial charge on any atom is -0.495 e. The molecule has 0 radical (unpaired) electrons. The van der Waals surface area contributed by atoms with Crippen molar-refractivity contribution >= 4 is 23.2 Å². The molecule has 0 saturated carbocycles. The fourth-order valence-electron chi connectivity index (χ4n) is 2.73. The van der Waals surface area contributed by atoms with Crippen LogP contribution in [0.1, 0.15) is 13.3 Å². The summed E-state index contributed by atoms with van der Waals surface area (Å²) in [6.07, 6.45) is 0.999. The molecule has 2 atom stereocenters. The van der Waals surface area contributed by atoms with Crippen molar-refractivity contribution < 1.29 is 14.6 Å². The van der Waals surface area contributed by atoms with Gasteiger partial charge in [0.05, 0.1) is 25.9 Å². The van der Waals surface area contributed by atoms with Gasteiger partial charge in [-0.05, 0) is 37.1 Å². The maximum Gasteiger partial charge on any atom is 0.238 e. The molecule has 21 heavy (non-hydrogen) atoms. The van der Waals surface area contributed by atoms with Crippen LogP contribution in [0.4, 0.5) is 5.69 Å². The van der Waals surface area contributed by atoms with E-state index in [-0.39, 0.29) is 25.1 Å². The van der Waals surface area contributed by atoms with E-state index < -0.39 is 0 Å². The maximum atomic E-state index is 12.2. The molecule has 2 rings (SSSR count). The Morgan fingerprint density at radius 2 is 2.33 bits per heavy atom. The van der Waals surface area contributed by atoms with Crippen LogP contribution in [0.2, 0.25) is 5.02 Å². The number of hydrogen-bond acceptors (Lipinski definition) is 4. The van der Waals surface area contributed by atoms with Crippen LogP contribution in [0.25, 0.3) is 0 Å². The second kappa shape index (κ2) is 7.11. The fraction of sp³-hybridized carbons (Fsp3) is 0.533. The van der Waals surface area contributed by atoms with Gasteiger partial charge in [-0.1, -0.05) is 18.5 Å². The maximum absolute atomic E-state index is 12.2. The van der Waals surface area contributed by atoms with Crippen molar-refractivity contribution in [1.29, 1.82) is 0 Å². The number of hydrogen-bond donors (Lipinski definition) is 2. The molecule has 1 fully saturated rings. The number of anilines is 1. The lowest BCUT2D eigenvalue weighted by Gasteiger charge is -2.24. The summed E-state index contributed by atoms with van der Waals surface area (Å²) in [5.41, 5.74) is 0.558. The highest BCUT2D eigenvalue weighted by molar-refractivity contribution is 6.31. The lowest BCUT2D eigenvalue weighted by molar-refractivity contribution is -0.117. The summed E-state index contributed by atoms with van der Waals surface area (Å²) in [7, 11) is 1.54. The average Bonchev–Trinajstić information content (AvgIpc) is 2.79. The minimum atomic E-state index is -0.136. The second-order valence-electron chi connectivity index (χ2n) is 5.38. The van der Waals surface area contributed by atoms with E-state index in [0.717, 1.165) is 13.0 Å². The monoisotopic (exact) mass is 312 g/mol. The third-order valence-corrected chi connectivity index (χ3v) is 4.20. The predicted octanol–water partition coefficient (Wildman–Crippen LogP) is 1.99. The van der Waals surface area contributed by atoms with E-state index in [9.17, 15) is 9.90 Å². The number of amides is 1. The van der Waals surface area contributed by atoms with E-state index in [1.165, 1.54) is 0 Å². The number of ether oxygens (including phenoxy) is 1. The molecule has 0 aromatic heterocycles. The molecule has 1 aromatic rings. The molecule has 1 saturated heterocycles. The zero-order chi connectivity index (χ0) is 15.4. The number of methoxy groups -OCH3 is 1. The summed E-state index contributed by atoms with van der Waals surface area (Å²) >= 11 is 5.94. The van der Waals surface area contributed by atoms with Gasteiger partial charge in [0.1, 0.15) is 5.75 Å². The molecule has 1 amide bonds. The van der Waals surface area contributed by atoms with Crippen LogP contribution in [-0.4, -0.2) is 48.8 Å². The Balaban J connectivity index is 2.00. The van der Waals surface area contributed by atoms with Gasteiger partial charge in [0.2, 0.25) is 5.91 Å². The fourth-order valence-corrected chi connectivity index (χ4v) is 2.90. The van der Waals surface area contributed by atoms with Crippen molar-refractivity contribution in [2.75, 3.05) is 32.1 Å².